The van der Waals surface area contributed by atoms with Crippen molar-refractivity contribution in [2.75, 3.05) is 13.1 Å². The maximum atomic E-state index is 10.7. The van der Waals surface area contributed by atoms with Crippen LogP contribution >= 0.6 is 11.3 Å². The molecule has 1 atom stereocenters. The Labute approximate surface area is 216 Å². The molecular weight excluding hydrogens is 470 g/mol. The number of carboxylic acid groups (broad SMARTS) is 1. The van der Waals surface area contributed by atoms with E-state index >= 15 is 0 Å². The first-order valence-electron chi connectivity index (χ1n) is 12.5. The molecular formula is C30H33NO4S. The highest BCUT2D eigenvalue weighted by Gasteiger charge is 2.25. The van der Waals surface area contributed by atoms with E-state index in [1.54, 1.807) is 18.2 Å². The molecule has 0 spiro atoms. The molecule has 36 heavy (non-hydrogen) atoms. The van der Waals surface area contributed by atoms with Crippen LogP contribution in [-0.2, 0) is 19.3 Å². The van der Waals surface area contributed by atoms with Crippen LogP contribution in [0.25, 0.3) is 10.8 Å². The molecule has 0 radical (unpaired) electrons. The quantitative estimate of drug-likeness (QED) is 0.268. The van der Waals surface area contributed by atoms with Crippen LogP contribution in [0.3, 0.4) is 0 Å². The number of phenolic OH excluding ortho intramolecular Hbond substituents is 1. The fourth-order valence-corrected chi connectivity index (χ4v) is 5.68. The lowest BCUT2D eigenvalue weighted by molar-refractivity contribution is 0.0694. The van der Waals surface area contributed by atoms with Gasteiger partial charge in [0, 0.05) is 22.8 Å². The summed E-state index contributed by atoms with van der Waals surface area (Å²) in [5.41, 5.74) is 2.45. The third-order valence-corrected chi connectivity index (χ3v) is 7.75. The molecule has 0 aliphatic heterocycles. The predicted octanol–water partition coefficient (Wildman–Crippen LogP) is 6.51. The Kier molecular flexibility index (Phi) is 8.62. The van der Waals surface area contributed by atoms with Crippen LogP contribution in [-0.4, -0.2) is 45.3 Å². The third kappa shape index (κ3) is 6.07. The van der Waals surface area contributed by atoms with E-state index in [9.17, 15) is 15.0 Å². The maximum absolute atomic E-state index is 10.7. The largest absolute Gasteiger partial charge is 0.508 e. The summed E-state index contributed by atoms with van der Waals surface area (Å²) in [6.45, 7) is 4.58. The molecule has 6 heteroatoms. The van der Waals surface area contributed by atoms with Gasteiger partial charge >= 0.3 is 5.97 Å². The molecule has 0 saturated heterocycles. The minimum Gasteiger partial charge on any atom is -0.508 e. The van der Waals surface area contributed by atoms with Gasteiger partial charge in [0.25, 0.3) is 0 Å². The highest BCUT2D eigenvalue weighted by Crippen LogP contribution is 2.31. The number of hydrogen-bond donors (Lipinski definition) is 3. The summed E-state index contributed by atoms with van der Waals surface area (Å²) in [7, 11) is 0. The highest BCUT2D eigenvalue weighted by atomic mass is 32.1. The second-order valence-corrected chi connectivity index (χ2v) is 10.2. The van der Waals surface area contributed by atoms with Gasteiger partial charge in [-0.15, -0.1) is 11.3 Å². The number of fused-ring (bicyclic) bond motifs is 2. The molecule has 3 aromatic carbocycles. The summed E-state index contributed by atoms with van der Waals surface area (Å²) in [6, 6.07) is 21.2. The number of benzene rings is 3. The summed E-state index contributed by atoms with van der Waals surface area (Å²) in [5.74, 6) is -0.805. The molecule has 0 unspecified atom stereocenters. The van der Waals surface area contributed by atoms with Crippen molar-refractivity contribution in [2.45, 2.75) is 45.1 Å². The smallest absolute Gasteiger partial charge is 0.339 e. The summed E-state index contributed by atoms with van der Waals surface area (Å²) in [4.78, 5) is 14.8. The molecule has 3 N–H and O–H groups in total. The van der Waals surface area contributed by atoms with Gasteiger partial charge in [0.1, 0.15) is 17.1 Å². The number of rotatable bonds is 7. The second kappa shape index (κ2) is 12.1. The van der Waals surface area contributed by atoms with Crippen LogP contribution in [0.5, 0.6) is 11.5 Å². The summed E-state index contributed by atoms with van der Waals surface area (Å²) >= 11 is 1.86. The zero-order valence-corrected chi connectivity index (χ0v) is 21.4. The first-order valence-corrected chi connectivity index (χ1v) is 13.4. The van der Waals surface area contributed by atoms with Crippen LogP contribution in [0.15, 0.2) is 72.1 Å². The minimum atomic E-state index is -1.12. The summed E-state index contributed by atoms with van der Waals surface area (Å²) in [5, 5.41) is 32.0. The van der Waals surface area contributed by atoms with Crippen LogP contribution in [0.4, 0.5) is 0 Å². The van der Waals surface area contributed by atoms with Crippen molar-refractivity contribution < 1.29 is 20.1 Å². The third-order valence-electron chi connectivity index (χ3n) is 6.82. The lowest BCUT2D eigenvalue weighted by atomic mass is 9.86. The zero-order chi connectivity index (χ0) is 25.5. The van der Waals surface area contributed by atoms with Gasteiger partial charge in [0.15, 0.2) is 0 Å². The summed E-state index contributed by atoms with van der Waals surface area (Å²) < 4.78 is 0. The molecule has 1 aliphatic carbocycles. The fraction of sp³-hybridized carbons (Fsp3) is 0.300. The number of thiophene rings is 1. The van der Waals surface area contributed by atoms with Crippen molar-refractivity contribution in [1.82, 2.24) is 4.90 Å². The van der Waals surface area contributed by atoms with Gasteiger partial charge in [-0.2, -0.15) is 0 Å². The first-order chi connectivity index (χ1) is 17.5. The monoisotopic (exact) mass is 503 g/mol. The Bertz CT molecular complexity index is 1300. The highest BCUT2D eigenvalue weighted by molar-refractivity contribution is 7.09. The molecule has 5 rings (SSSR count). The number of aromatic hydroxyl groups is 2. The lowest BCUT2D eigenvalue weighted by Crippen LogP contribution is -2.41. The molecule has 0 bridgehead atoms. The molecule has 0 amide bonds. The van der Waals surface area contributed by atoms with Crippen LogP contribution in [0.2, 0.25) is 0 Å². The number of aromatic carboxylic acids is 1. The SMILES string of the molecule is CCCN(CCc1cccs1)[C@H]1CCc2c(O)cccc2C1.O=C(O)c1ccc2ccccc2c1O. The standard InChI is InChI=1S/C19H25NOS.C11H8O3/c1-2-11-20(12-10-17-6-4-13-22-17)16-8-9-18-15(14-16)5-3-7-19(18)21;12-10-8-4-2-1-3-7(8)5-6-9(10)11(13)14/h3-7,13,16,21H,2,8-12,14H2,1H3;1-6,12H,(H,13,14)/t16-;/m0./s1. The van der Waals surface area contributed by atoms with Gasteiger partial charge < -0.3 is 15.3 Å². The fourth-order valence-electron chi connectivity index (χ4n) is 4.98. The Balaban J connectivity index is 0.000000187. The van der Waals surface area contributed by atoms with Crippen molar-refractivity contribution in [3.8, 4) is 11.5 Å². The normalized spacial score (nSPS) is 14.8. The van der Waals surface area contributed by atoms with E-state index in [4.69, 9.17) is 5.11 Å². The predicted molar refractivity (Wildman–Crippen MR) is 146 cm³/mol. The van der Waals surface area contributed by atoms with Gasteiger partial charge in [-0.25, -0.2) is 4.79 Å². The van der Waals surface area contributed by atoms with Gasteiger partial charge in [-0.05, 0) is 78.7 Å². The molecule has 1 heterocycles. The number of nitrogens with zero attached hydrogens (tertiary/aromatic N) is 1. The molecule has 0 saturated carbocycles. The molecule has 5 nitrogen and oxygen atoms in total. The number of carbonyl (C=O) groups is 1. The van der Waals surface area contributed by atoms with Crippen LogP contribution < -0.4 is 0 Å². The van der Waals surface area contributed by atoms with E-state index in [0.29, 0.717) is 17.2 Å². The van der Waals surface area contributed by atoms with E-state index in [-0.39, 0.29) is 11.3 Å². The molecule has 1 aromatic heterocycles. The van der Waals surface area contributed by atoms with E-state index in [1.807, 2.05) is 35.6 Å². The number of phenols is 2. The first kappa shape index (κ1) is 25.7. The zero-order valence-electron chi connectivity index (χ0n) is 20.6. The summed E-state index contributed by atoms with van der Waals surface area (Å²) in [6.07, 6.45) is 5.60. The van der Waals surface area contributed by atoms with Gasteiger partial charge in [0.2, 0.25) is 0 Å². The van der Waals surface area contributed by atoms with E-state index < -0.39 is 5.97 Å². The topological polar surface area (TPSA) is 81.0 Å². The Morgan fingerprint density at radius 1 is 1.00 bits per heavy atom. The Hall–Kier alpha value is -3.35. The van der Waals surface area contributed by atoms with E-state index in [0.717, 1.165) is 37.6 Å². The van der Waals surface area contributed by atoms with Crippen LogP contribution in [0.1, 0.15) is 46.1 Å². The van der Waals surface area contributed by atoms with E-state index in [1.165, 1.54) is 35.0 Å². The van der Waals surface area contributed by atoms with Crippen molar-refractivity contribution in [1.29, 1.82) is 0 Å². The van der Waals surface area contributed by atoms with Crippen molar-refractivity contribution in [3.05, 3.63) is 93.7 Å². The molecule has 1 aliphatic rings. The molecule has 188 valence electrons. The average Bonchev–Trinajstić information content (AvgIpc) is 3.41. The van der Waals surface area contributed by atoms with Gasteiger partial charge in [0.05, 0.1) is 0 Å². The average molecular weight is 504 g/mol. The second-order valence-electron chi connectivity index (χ2n) is 9.16. The lowest BCUT2D eigenvalue weighted by Gasteiger charge is -2.35. The minimum absolute atomic E-state index is 0.0660. The number of hydrogen-bond acceptors (Lipinski definition) is 5. The molecule has 0 fully saturated rings. The van der Waals surface area contributed by atoms with E-state index in [2.05, 4.69) is 35.4 Å². The number of carboxylic acids is 1. The van der Waals surface area contributed by atoms with Gasteiger partial charge in [-0.1, -0.05) is 55.5 Å². The molecule has 4 aromatic rings. The van der Waals surface area contributed by atoms with Crippen molar-refractivity contribution >= 4 is 28.1 Å². The van der Waals surface area contributed by atoms with Crippen molar-refractivity contribution in [2.24, 2.45) is 0 Å². The van der Waals surface area contributed by atoms with Gasteiger partial charge in [-0.3, -0.25) is 4.90 Å². The Morgan fingerprint density at radius 2 is 1.83 bits per heavy atom. The van der Waals surface area contributed by atoms with Crippen LogP contribution in [0, 0.1) is 0 Å². The maximum Gasteiger partial charge on any atom is 0.339 e. The van der Waals surface area contributed by atoms with Crippen molar-refractivity contribution in [3.63, 3.8) is 0 Å². The Morgan fingerprint density at radius 3 is 2.58 bits per heavy atom.